The Kier molecular flexibility index (Phi) is 2.97. The molecule has 0 atom stereocenters. The van der Waals surface area contributed by atoms with Crippen LogP contribution < -0.4 is 10.2 Å². The predicted octanol–water partition coefficient (Wildman–Crippen LogP) is 2.04. The summed E-state index contributed by atoms with van der Waals surface area (Å²) in [5, 5.41) is 3.38. The standard InChI is InChI=1S/C15H22N4/c1-15(2,3)13-11-19-7-4-12(10-14(19)17-13)18-8-5-16-6-9-18/h4,7,10-11,16H,5-6,8-9H2,1-3H3. The second kappa shape index (κ2) is 4.53. The van der Waals surface area contributed by atoms with Gasteiger partial charge in [0.1, 0.15) is 5.65 Å². The molecule has 1 aliphatic heterocycles. The smallest absolute Gasteiger partial charge is 0.139 e. The molecule has 4 nitrogen and oxygen atoms in total. The minimum Gasteiger partial charge on any atom is -0.369 e. The zero-order chi connectivity index (χ0) is 13.5. The van der Waals surface area contributed by atoms with Gasteiger partial charge in [-0.15, -0.1) is 0 Å². The summed E-state index contributed by atoms with van der Waals surface area (Å²) in [6.07, 6.45) is 4.26. The van der Waals surface area contributed by atoms with Crippen LogP contribution in [0.5, 0.6) is 0 Å². The molecule has 102 valence electrons. The molecule has 0 bridgehead atoms. The monoisotopic (exact) mass is 258 g/mol. The Bertz CT molecular complexity index is 573. The Morgan fingerprint density at radius 3 is 2.63 bits per heavy atom. The van der Waals surface area contributed by atoms with E-state index >= 15 is 0 Å². The minimum atomic E-state index is 0.0984. The quantitative estimate of drug-likeness (QED) is 0.849. The first-order valence-corrected chi connectivity index (χ1v) is 6.99. The van der Waals surface area contributed by atoms with Gasteiger partial charge in [-0.2, -0.15) is 0 Å². The molecule has 19 heavy (non-hydrogen) atoms. The van der Waals surface area contributed by atoms with Crippen molar-refractivity contribution in [3.05, 3.63) is 30.2 Å². The van der Waals surface area contributed by atoms with Crippen LogP contribution in [0.2, 0.25) is 0 Å². The Balaban J connectivity index is 1.96. The number of anilines is 1. The molecule has 0 radical (unpaired) electrons. The molecule has 0 saturated carbocycles. The fraction of sp³-hybridized carbons (Fsp3) is 0.533. The number of nitrogens with zero attached hydrogens (tertiary/aromatic N) is 3. The average Bonchev–Trinajstić information content (AvgIpc) is 2.82. The number of pyridine rings is 1. The first-order chi connectivity index (χ1) is 9.04. The molecule has 0 unspecified atom stereocenters. The van der Waals surface area contributed by atoms with Crippen molar-refractivity contribution in [1.29, 1.82) is 0 Å². The largest absolute Gasteiger partial charge is 0.369 e. The number of hydrogen-bond acceptors (Lipinski definition) is 3. The summed E-state index contributed by atoms with van der Waals surface area (Å²) in [6, 6.07) is 4.38. The Morgan fingerprint density at radius 1 is 1.21 bits per heavy atom. The molecule has 0 spiro atoms. The first kappa shape index (κ1) is 12.5. The number of fused-ring (bicyclic) bond motifs is 1. The number of imidazole rings is 1. The Morgan fingerprint density at radius 2 is 1.95 bits per heavy atom. The van der Waals surface area contributed by atoms with Crippen LogP contribution in [0.3, 0.4) is 0 Å². The third kappa shape index (κ3) is 2.45. The van der Waals surface area contributed by atoms with Crippen LogP contribution in [-0.2, 0) is 5.41 Å². The van der Waals surface area contributed by atoms with Gasteiger partial charge in [0.25, 0.3) is 0 Å². The van der Waals surface area contributed by atoms with E-state index in [1.807, 2.05) is 0 Å². The van der Waals surface area contributed by atoms with Crippen molar-refractivity contribution < 1.29 is 0 Å². The van der Waals surface area contributed by atoms with Gasteiger partial charge in [0.2, 0.25) is 0 Å². The fourth-order valence-electron chi connectivity index (χ4n) is 2.45. The summed E-state index contributed by atoms with van der Waals surface area (Å²) in [5.74, 6) is 0. The minimum absolute atomic E-state index is 0.0984. The van der Waals surface area contributed by atoms with Crippen molar-refractivity contribution in [2.45, 2.75) is 26.2 Å². The van der Waals surface area contributed by atoms with Crippen molar-refractivity contribution in [2.24, 2.45) is 0 Å². The van der Waals surface area contributed by atoms with E-state index in [4.69, 9.17) is 4.98 Å². The molecule has 0 amide bonds. The van der Waals surface area contributed by atoms with Crippen LogP contribution in [0.25, 0.3) is 5.65 Å². The fourth-order valence-corrected chi connectivity index (χ4v) is 2.45. The van der Waals surface area contributed by atoms with Gasteiger partial charge >= 0.3 is 0 Å². The van der Waals surface area contributed by atoms with E-state index in [9.17, 15) is 0 Å². The molecular formula is C15H22N4. The average molecular weight is 258 g/mol. The van der Waals surface area contributed by atoms with Crippen molar-refractivity contribution >= 4 is 11.3 Å². The van der Waals surface area contributed by atoms with Crippen molar-refractivity contribution in [3.63, 3.8) is 0 Å². The van der Waals surface area contributed by atoms with Gasteiger partial charge < -0.3 is 14.6 Å². The lowest BCUT2D eigenvalue weighted by molar-refractivity contribution is 0.573. The molecule has 0 aromatic carbocycles. The maximum Gasteiger partial charge on any atom is 0.139 e. The highest BCUT2D eigenvalue weighted by molar-refractivity contribution is 5.57. The van der Waals surface area contributed by atoms with Crippen LogP contribution >= 0.6 is 0 Å². The summed E-state index contributed by atoms with van der Waals surface area (Å²) < 4.78 is 2.12. The van der Waals surface area contributed by atoms with Gasteiger partial charge in [-0.1, -0.05) is 20.8 Å². The van der Waals surface area contributed by atoms with Crippen LogP contribution in [0.1, 0.15) is 26.5 Å². The lowest BCUT2D eigenvalue weighted by Gasteiger charge is -2.29. The summed E-state index contributed by atoms with van der Waals surface area (Å²) in [6.45, 7) is 10.9. The molecule has 4 heteroatoms. The summed E-state index contributed by atoms with van der Waals surface area (Å²) in [7, 11) is 0. The molecule has 2 aromatic heterocycles. The zero-order valence-corrected chi connectivity index (χ0v) is 12.0. The molecule has 0 aliphatic carbocycles. The summed E-state index contributed by atoms with van der Waals surface area (Å²) >= 11 is 0. The lowest BCUT2D eigenvalue weighted by atomic mass is 9.93. The molecule has 3 heterocycles. The number of piperazine rings is 1. The van der Waals surface area contributed by atoms with E-state index in [0.29, 0.717) is 0 Å². The number of aromatic nitrogens is 2. The third-order valence-corrected chi connectivity index (χ3v) is 3.69. The second-order valence-corrected chi connectivity index (χ2v) is 6.26. The van der Waals surface area contributed by atoms with Crippen LogP contribution in [0.15, 0.2) is 24.5 Å². The van der Waals surface area contributed by atoms with Gasteiger partial charge in [-0.05, 0) is 6.07 Å². The SMILES string of the molecule is CC(C)(C)c1cn2ccc(N3CCNCC3)cc2n1. The summed E-state index contributed by atoms with van der Waals surface area (Å²) in [4.78, 5) is 7.18. The molecule has 3 rings (SSSR count). The van der Waals surface area contributed by atoms with Crippen LogP contribution in [0, 0.1) is 0 Å². The van der Waals surface area contributed by atoms with E-state index in [1.54, 1.807) is 0 Å². The van der Waals surface area contributed by atoms with E-state index in [2.05, 4.69) is 59.9 Å². The zero-order valence-electron chi connectivity index (χ0n) is 12.0. The van der Waals surface area contributed by atoms with E-state index in [-0.39, 0.29) is 5.41 Å². The highest BCUT2D eigenvalue weighted by Crippen LogP contribution is 2.23. The maximum atomic E-state index is 4.76. The topological polar surface area (TPSA) is 32.6 Å². The van der Waals surface area contributed by atoms with Crippen molar-refractivity contribution in [3.8, 4) is 0 Å². The van der Waals surface area contributed by atoms with Gasteiger partial charge in [-0.3, -0.25) is 0 Å². The van der Waals surface area contributed by atoms with E-state index < -0.39 is 0 Å². The van der Waals surface area contributed by atoms with Gasteiger partial charge in [0, 0.05) is 55.7 Å². The molecule has 1 fully saturated rings. The van der Waals surface area contributed by atoms with Gasteiger partial charge in [0.05, 0.1) is 5.69 Å². The third-order valence-electron chi connectivity index (χ3n) is 3.69. The second-order valence-electron chi connectivity index (χ2n) is 6.26. The molecule has 1 N–H and O–H groups in total. The first-order valence-electron chi connectivity index (χ1n) is 6.99. The Hall–Kier alpha value is -1.55. The lowest BCUT2D eigenvalue weighted by Crippen LogP contribution is -2.43. The molecule has 2 aromatic rings. The predicted molar refractivity (Wildman–Crippen MR) is 79.0 cm³/mol. The van der Waals surface area contributed by atoms with Crippen molar-refractivity contribution in [2.75, 3.05) is 31.1 Å². The summed E-state index contributed by atoms with van der Waals surface area (Å²) in [5.41, 5.74) is 3.56. The highest BCUT2D eigenvalue weighted by atomic mass is 15.2. The van der Waals surface area contributed by atoms with E-state index in [1.165, 1.54) is 5.69 Å². The number of hydrogen-bond donors (Lipinski definition) is 1. The normalized spacial score (nSPS) is 17.1. The molecular weight excluding hydrogens is 236 g/mol. The molecule has 1 aliphatic rings. The molecule has 1 saturated heterocycles. The van der Waals surface area contributed by atoms with E-state index in [0.717, 1.165) is 37.5 Å². The number of rotatable bonds is 1. The maximum absolute atomic E-state index is 4.76. The van der Waals surface area contributed by atoms with Crippen molar-refractivity contribution in [1.82, 2.24) is 14.7 Å². The Labute approximate surface area is 114 Å². The van der Waals surface area contributed by atoms with Gasteiger partial charge in [0.15, 0.2) is 0 Å². The van der Waals surface area contributed by atoms with Crippen LogP contribution in [0.4, 0.5) is 5.69 Å². The highest BCUT2D eigenvalue weighted by Gasteiger charge is 2.18. The number of nitrogens with one attached hydrogen (secondary N) is 1. The van der Waals surface area contributed by atoms with Crippen LogP contribution in [-0.4, -0.2) is 35.6 Å². The van der Waals surface area contributed by atoms with Gasteiger partial charge in [-0.25, -0.2) is 4.98 Å².